The number of fused-ring (bicyclic) bond motifs is 2. The lowest BCUT2D eigenvalue weighted by atomic mass is 10.3. The molecule has 1 aromatic carbocycles. The van der Waals surface area contributed by atoms with E-state index in [1.165, 1.54) is 0 Å². The second-order valence-electron chi connectivity index (χ2n) is 6.90. The fourth-order valence-corrected chi connectivity index (χ4v) is 3.65. The minimum atomic E-state index is -0.360. The Hall–Kier alpha value is -3.62. The Morgan fingerprint density at radius 2 is 2.14 bits per heavy atom. The zero-order valence-electron chi connectivity index (χ0n) is 16.9. The lowest BCUT2D eigenvalue weighted by molar-refractivity contribution is -0.654. The zero-order valence-corrected chi connectivity index (χ0v) is 16.9. The molecule has 4 rings (SSSR count). The van der Waals surface area contributed by atoms with Crippen molar-refractivity contribution < 1.29 is 14.1 Å². The number of aromatic nitrogens is 5. The number of methoxy groups -OCH3 is 1. The van der Waals surface area contributed by atoms with Gasteiger partial charge >= 0.3 is 0 Å². The number of nitrogen functional groups attached to an aromatic ring is 1. The molecule has 0 aliphatic rings. The highest BCUT2D eigenvalue weighted by Gasteiger charge is 2.24. The lowest BCUT2D eigenvalue weighted by Crippen LogP contribution is -2.38. The van der Waals surface area contributed by atoms with E-state index in [-0.39, 0.29) is 17.4 Å². The average Bonchev–Trinajstić information content (AvgIpc) is 3.20. The summed E-state index contributed by atoms with van der Waals surface area (Å²) in [6.45, 7) is 5.05. The molecule has 9 heteroatoms. The maximum atomic E-state index is 12.8. The van der Waals surface area contributed by atoms with Crippen molar-refractivity contribution in [1.29, 1.82) is 0 Å². The first kappa shape index (κ1) is 18.7. The predicted octanol–water partition coefficient (Wildman–Crippen LogP) is 1.59. The Kier molecular flexibility index (Phi) is 4.57. The fraction of sp³-hybridized carbons (Fsp3) is 0.300. The molecule has 3 heterocycles. The summed E-state index contributed by atoms with van der Waals surface area (Å²) in [5, 5.41) is 2.93. The number of rotatable bonds is 5. The molecule has 4 N–H and O–H groups in total. The maximum Gasteiger partial charge on any atom is 0.276 e. The highest BCUT2D eigenvalue weighted by molar-refractivity contribution is 5.98. The Balaban J connectivity index is 1.65. The van der Waals surface area contributed by atoms with E-state index in [1.807, 2.05) is 38.2 Å². The first-order valence-corrected chi connectivity index (χ1v) is 9.39. The number of aryl methyl sites for hydroxylation is 3. The maximum absolute atomic E-state index is 12.8. The Bertz CT molecular complexity index is 1240. The normalized spacial score (nSPS) is 11.3. The van der Waals surface area contributed by atoms with Crippen LogP contribution in [-0.4, -0.2) is 32.5 Å². The van der Waals surface area contributed by atoms with Crippen LogP contribution in [0.3, 0.4) is 0 Å². The summed E-state index contributed by atoms with van der Waals surface area (Å²) in [6, 6.07) is 7.77. The van der Waals surface area contributed by atoms with Crippen molar-refractivity contribution in [3.05, 3.63) is 41.5 Å². The number of nitrogens with zero attached hydrogens (tertiary/aromatic N) is 4. The van der Waals surface area contributed by atoms with Crippen molar-refractivity contribution in [2.24, 2.45) is 7.05 Å². The number of ether oxygens (including phenoxy) is 1. The monoisotopic (exact) mass is 394 g/mol. The largest absolute Gasteiger partial charge is 0.497 e. The molecule has 0 fully saturated rings. The SMILES string of the molecule is CCn1c(CNC(=O)c2nc3cc(C)[nH]c3nc2N)[n+](C)c2ccc(OC)cc21. The summed E-state index contributed by atoms with van der Waals surface area (Å²) >= 11 is 0. The van der Waals surface area contributed by atoms with Gasteiger partial charge in [-0.1, -0.05) is 0 Å². The third-order valence-electron chi connectivity index (χ3n) is 5.09. The van der Waals surface area contributed by atoms with E-state index in [4.69, 9.17) is 10.5 Å². The van der Waals surface area contributed by atoms with Gasteiger partial charge in [0.05, 0.1) is 20.7 Å². The number of aromatic amines is 1. The third kappa shape index (κ3) is 3.14. The van der Waals surface area contributed by atoms with E-state index in [2.05, 4.69) is 36.3 Å². The summed E-state index contributed by atoms with van der Waals surface area (Å²) in [6.07, 6.45) is 0. The molecule has 4 aromatic rings. The van der Waals surface area contributed by atoms with Crippen molar-refractivity contribution >= 4 is 33.9 Å². The summed E-state index contributed by atoms with van der Waals surface area (Å²) < 4.78 is 9.56. The highest BCUT2D eigenvalue weighted by atomic mass is 16.5. The van der Waals surface area contributed by atoms with Crippen LogP contribution in [-0.2, 0) is 20.1 Å². The van der Waals surface area contributed by atoms with Crippen LogP contribution in [0.1, 0.15) is 28.9 Å². The first-order valence-electron chi connectivity index (χ1n) is 9.39. The third-order valence-corrected chi connectivity index (χ3v) is 5.09. The van der Waals surface area contributed by atoms with Crippen LogP contribution in [0, 0.1) is 6.92 Å². The molecule has 0 atom stereocenters. The Morgan fingerprint density at radius 3 is 2.86 bits per heavy atom. The van der Waals surface area contributed by atoms with Crippen molar-refractivity contribution in [3.63, 3.8) is 0 Å². The van der Waals surface area contributed by atoms with Gasteiger partial charge in [0.25, 0.3) is 11.7 Å². The first-order chi connectivity index (χ1) is 13.9. The van der Waals surface area contributed by atoms with E-state index in [1.54, 1.807) is 7.11 Å². The van der Waals surface area contributed by atoms with Gasteiger partial charge in [-0.2, -0.15) is 0 Å². The molecule has 150 valence electrons. The number of hydrogen-bond donors (Lipinski definition) is 3. The predicted molar refractivity (Wildman–Crippen MR) is 110 cm³/mol. The van der Waals surface area contributed by atoms with Gasteiger partial charge in [-0.15, -0.1) is 0 Å². The summed E-state index contributed by atoms with van der Waals surface area (Å²) in [5.41, 5.74) is 10.3. The van der Waals surface area contributed by atoms with E-state index in [0.717, 1.165) is 34.8 Å². The van der Waals surface area contributed by atoms with Crippen LogP contribution in [0.5, 0.6) is 5.75 Å². The van der Waals surface area contributed by atoms with Gasteiger partial charge in [0, 0.05) is 11.8 Å². The summed E-state index contributed by atoms with van der Waals surface area (Å²) in [7, 11) is 3.63. The van der Waals surface area contributed by atoms with Crippen molar-refractivity contribution in [2.45, 2.75) is 26.9 Å². The molecule has 0 aliphatic carbocycles. The molecule has 0 saturated heterocycles. The van der Waals surface area contributed by atoms with Gasteiger partial charge in [0.15, 0.2) is 28.2 Å². The Morgan fingerprint density at radius 1 is 1.34 bits per heavy atom. The van der Waals surface area contributed by atoms with Gasteiger partial charge in [-0.3, -0.25) is 4.79 Å². The molecule has 29 heavy (non-hydrogen) atoms. The number of hydrogen-bond acceptors (Lipinski definition) is 5. The zero-order chi connectivity index (χ0) is 20.7. The lowest BCUT2D eigenvalue weighted by Gasteiger charge is -2.06. The minimum absolute atomic E-state index is 0.0991. The molecule has 1 amide bonds. The molecular formula is C20H24N7O2+. The molecule has 0 bridgehead atoms. The molecule has 0 unspecified atom stereocenters. The molecule has 0 spiro atoms. The Labute approximate surface area is 167 Å². The number of carbonyl (C=O) groups is 1. The highest BCUT2D eigenvalue weighted by Crippen LogP contribution is 2.21. The molecule has 0 saturated carbocycles. The van der Waals surface area contributed by atoms with E-state index >= 15 is 0 Å². The molecule has 9 nitrogen and oxygen atoms in total. The van der Waals surface area contributed by atoms with E-state index in [0.29, 0.717) is 17.7 Å². The van der Waals surface area contributed by atoms with Gasteiger partial charge in [0.1, 0.15) is 17.8 Å². The van der Waals surface area contributed by atoms with Crippen LogP contribution < -0.4 is 20.4 Å². The van der Waals surface area contributed by atoms with Crippen LogP contribution >= 0.6 is 0 Å². The van der Waals surface area contributed by atoms with Crippen LogP contribution in [0.15, 0.2) is 24.3 Å². The van der Waals surface area contributed by atoms with Crippen LogP contribution in [0.25, 0.3) is 22.2 Å². The minimum Gasteiger partial charge on any atom is -0.497 e. The van der Waals surface area contributed by atoms with Crippen molar-refractivity contribution in [2.75, 3.05) is 12.8 Å². The molecular weight excluding hydrogens is 370 g/mol. The molecule has 3 aromatic heterocycles. The second kappa shape index (κ2) is 7.08. The fourth-order valence-electron chi connectivity index (χ4n) is 3.65. The number of amides is 1. The number of nitrogens with two attached hydrogens (primary N) is 1. The van der Waals surface area contributed by atoms with E-state index in [9.17, 15) is 4.79 Å². The van der Waals surface area contributed by atoms with Crippen LogP contribution in [0.2, 0.25) is 0 Å². The average molecular weight is 394 g/mol. The van der Waals surface area contributed by atoms with Crippen molar-refractivity contribution in [3.8, 4) is 5.75 Å². The van der Waals surface area contributed by atoms with E-state index < -0.39 is 0 Å². The van der Waals surface area contributed by atoms with Gasteiger partial charge < -0.3 is 20.8 Å². The quantitative estimate of drug-likeness (QED) is 0.445. The number of imidazole rings is 1. The van der Waals surface area contributed by atoms with Gasteiger partial charge in [0.2, 0.25) is 0 Å². The number of H-pyrrole nitrogens is 1. The standard InChI is InChI=1S/C20H23N7O2/c1-5-27-15-9-12(29-4)6-7-14(15)26(3)16(27)10-22-20(28)17-18(21)25-19-13(24-17)8-11(2)23-19/h6-9H,5,10H2,1-4H3,(H3-,21,22,23,24,25,28)/p+1. The van der Waals surface area contributed by atoms with Crippen LogP contribution in [0.4, 0.5) is 5.82 Å². The molecule has 0 radical (unpaired) electrons. The molecule has 0 aliphatic heterocycles. The number of nitrogens with one attached hydrogen (secondary N) is 2. The number of anilines is 1. The topological polar surface area (TPSA) is 115 Å². The van der Waals surface area contributed by atoms with Gasteiger partial charge in [-0.05, 0) is 32.0 Å². The number of carbonyl (C=O) groups excluding carboxylic acids is 1. The number of benzene rings is 1. The van der Waals surface area contributed by atoms with Gasteiger partial charge in [-0.25, -0.2) is 19.1 Å². The second-order valence-corrected chi connectivity index (χ2v) is 6.90. The van der Waals surface area contributed by atoms with Crippen molar-refractivity contribution in [1.82, 2.24) is 24.8 Å². The smallest absolute Gasteiger partial charge is 0.276 e. The summed E-state index contributed by atoms with van der Waals surface area (Å²) in [4.78, 5) is 24.5. The summed E-state index contributed by atoms with van der Waals surface area (Å²) in [5.74, 6) is 1.48.